The molecule has 1 saturated heterocycles. The molecule has 0 aliphatic carbocycles. The Morgan fingerprint density at radius 3 is 2.27 bits per heavy atom. The van der Waals surface area contributed by atoms with Crippen molar-refractivity contribution < 1.29 is 9.59 Å². The molecule has 1 aliphatic heterocycles. The van der Waals surface area contributed by atoms with Gasteiger partial charge in [-0.2, -0.15) is 0 Å². The van der Waals surface area contributed by atoms with Gasteiger partial charge in [-0.05, 0) is 17.2 Å². The fourth-order valence-corrected chi connectivity index (χ4v) is 3.19. The van der Waals surface area contributed by atoms with Crippen LogP contribution in [0, 0.1) is 0 Å². The molecule has 26 heavy (non-hydrogen) atoms. The average Bonchev–Trinajstić information content (AvgIpc) is 2.68. The summed E-state index contributed by atoms with van der Waals surface area (Å²) >= 11 is 6.07. The molecule has 2 aromatic rings. The number of rotatable bonds is 4. The predicted molar refractivity (Wildman–Crippen MR) is 102 cm³/mol. The van der Waals surface area contributed by atoms with Crippen molar-refractivity contribution >= 4 is 23.4 Å². The third kappa shape index (κ3) is 4.84. The Kier molecular flexibility index (Phi) is 6.26. The number of hydrogen-bond acceptors (Lipinski definition) is 3. The standard InChI is InChI=1S/C20H22ClN3O2/c21-18-9-5-4-8-17(18)14-22-19(25)20(26)24-12-10-23(11-13-24)15-16-6-2-1-3-7-16/h1-9H,10-15H2,(H,22,25). The molecule has 2 aromatic carbocycles. The summed E-state index contributed by atoms with van der Waals surface area (Å²) in [6.07, 6.45) is 0. The normalized spacial score (nSPS) is 14.9. The second-order valence-electron chi connectivity index (χ2n) is 6.33. The molecule has 0 saturated carbocycles. The summed E-state index contributed by atoms with van der Waals surface area (Å²) in [5.41, 5.74) is 2.05. The van der Waals surface area contributed by atoms with Crippen LogP contribution in [0.2, 0.25) is 5.02 Å². The smallest absolute Gasteiger partial charge is 0.311 e. The van der Waals surface area contributed by atoms with Crippen LogP contribution in [0.5, 0.6) is 0 Å². The zero-order valence-corrected chi connectivity index (χ0v) is 15.3. The third-order valence-electron chi connectivity index (χ3n) is 4.50. The summed E-state index contributed by atoms with van der Waals surface area (Å²) in [4.78, 5) is 28.4. The van der Waals surface area contributed by atoms with Crippen molar-refractivity contribution in [3.8, 4) is 0 Å². The van der Waals surface area contributed by atoms with Crippen molar-refractivity contribution in [2.24, 2.45) is 0 Å². The van der Waals surface area contributed by atoms with Gasteiger partial charge in [0.1, 0.15) is 0 Å². The largest absolute Gasteiger partial charge is 0.344 e. The van der Waals surface area contributed by atoms with E-state index in [1.807, 2.05) is 36.4 Å². The third-order valence-corrected chi connectivity index (χ3v) is 4.87. The minimum absolute atomic E-state index is 0.248. The Balaban J connectivity index is 1.45. The van der Waals surface area contributed by atoms with Gasteiger partial charge < -0.3 is 10.2 Å². The van der Waals surface area contributed by atoms with Crippen LogP contribution in [0.3, 0.4) is 0 Å². The maximum atomic E-state index is 12.3. The number of benzene rings is 2. The maximum absolute atomic E-state index is 12.3. The van der Waals surface area contributed by atoms with Crippen LogP contribution in [0.1, 0.15) is 11.1 Å². The van der Waals surface area contributed by atoms with Crippen molar-refractivity contribution in [3.05, 3.63) is 70.7 Å². The van der Waals surface area contributed by atoms with Gasteiger partial charge >= 0.3 is 11.8 Å². The van der Waals surface area contributed by atoms with Gasteiger partial charge in [-0.25, -0.2) is 0 Å². The topological polar surface area (TPSA) is 52.7 Å². The fourth-order valence-electron chi connectivity index (χ4n) is 2.99. The van der Waals surface area contributed by atoms with Gasteiger partial charge in [0, 0.05) is 44.3 Å². The molecule has 2 amide bonds. The Morgan fingerprint density at radius 1 is 0.923 bits per heavy atom. The zero-order valence-electron chi connectivity index (χ0n) is 14.5. The molecule has 0 radical (unpaired) electrons. The number of halogens is 1. The van der Waals surface area contributed by atoms with Gasteiger partial charge in [0.25, 0.3) is 0 Å². The lowest BCUT2D eigenvalue weighted by atomic mass is 10.2. The molecule has 1 aliphatic rings. The van der Waals surface area contributed by atoms with Gasteiger partial charge in [0.2, 0.25) is 0 Å². The van der Waals surface area contributed by atoms with E-state index in [0.29, 0.717) is 18.1 Å². The molecule has 3 rings (SSSR count). The SMILES string of the molecule is O=C(NCc1ccccc1Cl)C(=O)N1CCN(Cc2ccccc2)CC1. The van der Waals surface area contributed by atoms with Crippen LogP contribution in [0.4, 0.5) is 0 Å². The molecule has 0 atom stereocenters. The lowest BCUT2D eigenvalue weighted by Gasteiger charge is -2.34. The van der Waals surface area contributed by atoms with Crippen LogP contribution >= 0.6 is 11.6 Å². The summed E-state index contributed by atoms with van der Waals surface area (Å²) in [5.74, 6) is -1.06. The van der Waals surface area contributed by atoms with Gasteiger partial charge in [-0.15, -0.1) is 0 Å². The van der Waals surface area contributed by atoms with Crippen LogP contribution < -0.4 is 5.32 Å². The van der Waals surface area contributed by atoms with Crippen LogP contribution in [0.25, 0.3) is 0 Å². The van der Waals surface area contributed by atoms with E-state index in [1.54, 1.807) is 11.0 Å². The van der Waals surface area contributed by atoms with Gasteiger partial charge in [-0.1, -0.05) is 60.1 Å². The number of nitrogens with one attached hydrogen (secondary N) is 1. The summed E-state index contributed by atoms with van der Waals surface area (Å²) in [6, 6.07) is 17.5. The first kappa shape index (κ1) is 18.4. The Hall–Kier alpha value is -2.37. The lowest BCUT2D eigenvalue weighted by Crippen LogP contribution is -2.52. The highest BCUT2D eigenvalue weighted by atomic mass is 35.5. The summed E-state index contributed by atoms with van der Waals surface area (Å²) in [7, 11) is 0. The molecule has 0 spiro atoms. The van der Waals surface area contributed by atoms with Crippen molar-refractivity contribution in [1.82, 2.24) is 15.1 Å². The molecular weight excluding hydrogens is 350 g/mol. The molecule has 5 nitrogen and oxygen atoms in total. The Labute approximate surface area is 158 Å². The van der Waals surface area contributed by atoms with Crippen molar-refractivity contribution in [3.63, 3.8) is 0 Å². The van der Waals surface area contributed by atoms with E-state index in [0.717, 1.165) is 25.2 Å². The molecule has 1 N–H and O–H groups in total. The van der Waals surface area contributed by atoms with E-state index >= 15 is 0 Å². The van der Waals surface area contributed by atoms with E-state index in [2.05, 4.69) is 22.3 Å². The number of carbonyl (C=O) groups excluding carboxylic acids is 2. The maximum Gasteiger partial charge on any atom is 0.311 e. The minimum Gasteiger partial charge on any atom is -0.344 e. The monoisotopic (exact) mass is 371 g/mol. The molecule has 6 heteroatoms. The Morgan fingerprint density at radius 2 is 1.58 bits per heavy atom. The van der Waals surface area contributed by atoms with Crippen LogP contribution in [0.15, 0.2) is 54.6 Å². The van der Waals surface area contributed by atoms with E-state index < -0.39 is 11.8 Å². The van der Waals surface area contributed by atoms with E-state index in [4.69, 9.17) is 11.6 Å². The quantitative estimate of drug-likeness (QED) is 0.839. The number of hydrogen-bond donors (Lipinski definition) is 1. The number of carbonyl (C=O) groups is 2. The number of piperazine rings is 1. The van der Waals surface area contributed by atoms with Gasteiger partial charge in [-0.3, -0.25) is 14.5 Å². The fraction of sp³-hybridized carbons (Fsp3) is 0.300. The first-order valence-corrected chi connectivity index (χ1v) is 9.08. The number of amides is 2. The highest BCUT2D eigenvalue weighted by Gasteiger charge is 2.25. The summed E-state index contributed by atoms with van der Waals surface area (Å²) < 4.78 is 0. The lowest BCUT2D eigenvalue weighted by molar-refractivity contribution is -0.147. The molecule has 136 valence electrons. The van der Waals surface area contributed by atoms with Crippen LogP contribution in [-0.2, 0) is 22.7 Å². The van der Waals surface area contributed by atoms with Crippen LogP contribution in [-0.4, -0.2) is 47.8 Å². The molecule has 1 heterocycles. The molecule has 0 bridgehead atoms. The Bertz CT molecular complexity index is 759. The van der Waals surface area contributed by atoms with Gasteiger partial charge in [0.05, 0.1) is 0 Å². The molecule has 1 fully saturated rings. The molecule has 0 unspecified atom stereocenters. The zero-order chi connectivity index (χ0) is 18.4. The van der Waals surface area contributed by atoms with E-state index in [9.17, 15) is 9.59 Å². The van der Waals surface area contributed by atoms with Crippen molar-refractivity contribution in [1.29, 1.82) is 0 Å². The van der Waals surface area contributed by atoms with Crippen molar-refractivity contribution in [2.45, 2.75) is 13.1 Å². The average molecular weight is 372 g/mol. The van der Waals surface area contributed by atoms with Gasteiger partial charge in [0.15, 0.2) is 0 Å². The van der Waals surface area contributed by atoms with E-state index in [1.165, 1.54) is 5.56 Å². The second-order valence-corrected chi connectivity index (χ2v) is 6.74. The number of nitrogens with zero attached hydrogens (tertiary/aromatic N) is 2. The minimum atomic E-state index is -0.582. The second kappa shape index (κ2) is 8.83. The van der Waals surface area contributed by atoms with E-state index in [-0.39, 0.29) is 6.54 Å². The first-order valence-electron chi connectivity index (χ1n) is 8.70. The summed E-state index contributed by atoms with van der Waals surface area (Å²) in [6.45, 7) is 3.76. The first-order chi connectivity index (χ1) is 12.6. The summed E-state index contributed by atoms with van der Waals surface area (Å²) in [5, 5.41) is 3.24. The molecule has 0 aromatic heterocycles. The predicted octanol–water partition coefficient (Wildman–Crippen LogP) is 2.30. The highest BCUT2D eigenvalue weighted by molar-refractivity contribution is 6.35. The molecular formula is C20H22ClN3O2. The highest BCUT2D eigenvalue weighted by Crippen LogP contribution is 2.14. The van der Waals surface area contributed by atoms with Crippen molar-refractivity contribution in [2.75, 3.05) is 26.2 Å².